The van der Waals surface area contributed by atoms with Crippen molar-refractivity contribution in [2.75, 3.05) is 25.1 Å². The highest BCUT2D eigenvalue weighted by Crippen LogP contribution is 2.33. The third-order valence-electron chi connectivity index (χ3n) is 4.75. The molecule has 0 bridgehead atoms. The fourth-order valence-corrected chi connectivity index (χ4v) is 3.49. The van der Waals surface area contributed by atoms with Gasteiger partial charge in [0.25, 0.3) is 0 Å². The van der Waals surface area contributed by atoms with E-state index in [9.17, 15) is 15.3 Å². The molecule has 0 saturated carbocycles. The van der Waals surface area contributed by atoms with E-state index in [2.05, 4.69) is 20.3 Å². The van der Waals surface area contributed by atoms with E-state index >= 15 is 0 Å². The normalized spacial score (nSPS) is 30.2. The van der Waals surface area contributed by atoms with Gasteiger partial charge in [0, 0.05) is 19.3 Å². The van der Waals surface area contributed by atoms with Gasteiger partial charge in [-0.1, -0.05) is 0 Å². The molecule has 2 aliphatic heterocycles. The number of aliphatic hydroxyl groups is 3. The van der Waals surface area contributed by atoms with Crippen LogP contribution in [0.25, 0.3) is 11.2 Å². The van der Waals surface area contributed by atoms with E-state index in [1.807, 2.05) is 0 Å². The van der Waals surface area contributed by atoms with Gasteiger partial charge in [-0.3, -0.25) is 4.57 Å². The van der Waals surface area contributed by atoms with Crippen molar-refractivity contribution in [3.05, 3.63) is 11.6 Å². The maximum absolute atomic E-state index is 10.2. The molecular formula is C15H20ClN5O5. The largest absolute Gasteiger partial charge is 0.394 e. The summed E-state index contributed by atoms with van der Waals surface area (Å²) in [7, 11) is 0. The fraction of sp³-hybridized carbons (Fsp3) is 0.667. The molecular weight excluding hydrogens is 366 g/mol. The van der Waals surface area contributed by atoms with Crippen molar-refractivity contribution in [3.63, 3.8) is 0 Å². The molecule has 2 aromatic rings. The molecule has 4 atom stereocenters. The summed E-state index contributed by atoms with van der Waals surface area (Å²) in [6.07, 6.45) is -1.12. The van der Waals surface area contributed by atoms with Gasteiger partial charge < -0.3 is 30.1 Å². The summed E-state index contributed by atoms with van der Waals surface area (Å²) in [6, 6.07) is 0.192. The van der Waals surface area contributed by atoms with Crippen molar-refractivity contribution in [1.82, 2.24) is 19.5 Å². The molecule has 4 rings (SSSR count). The Bertz CT molecular complexity index is 783. The molecule has 0 amide bonds. The van der Waals surface area contributed by atoms with Crippen LogP contribution in [0.15, 0.2) is 6.33 Å². The van der Waals surface area contributed by atoms with E-state index in [1.54, 1.807) is 0 Å². The average Bonchev–Trinajstić information content (AvgIpc) is 3.17. The first kappa shape index (κ1) is 17.8. The van der Waals surface area contributed by atoms with Crippen LogP contribution >= 0.6 is 11.6 Å². The molecule has 4 heterocycles. The first-order valence-corrected chi connectivity index (χ1v) is 8.83. The Morgan fingerprint density at radius 2 is 2.00 bits per heavy atom. The molecule has 2 aromatic heterocycles. The molecule has 10 nitrogen and oxygen atoms in total. The van der Waals surface area contributed by atoms with Crippen LogP contribution in [0.2, 0.25) is 5.28 Å². The Morgan fingerprint density at radius 1 is 1.23 bits per heavy atom. The van der Waals surface area contributed by atoms with Crippen LogP contribution in [0.4, 0.5) is 5.82 Å². The number of aliphatic hydroxyl groups excluding tert-OH is 3. The molecule has 2 aliphatic rings. The smallest absolute Gasteiger partial charge is 0.226 e. The van der Waals surface area contributed by atoms with E-state index in [0.717, 1.165) is 12.8 Å². The van der Waals surface area contributed by atoms with Gasteiger partial charge in [0.2, 0.25) is 5.28 Å². The molecule has 26 heavy (non-hydrogen) atoms. The minimum absolute atomic E-state index is 0.0283. The van der Waals surface area contributed by atoms with Gasteiger partial charge in [0.15, 0.2) is 23.2 Å². The molecule has 0 radical (unpaired) electrons. The monoisotopic (exact) mass is 385 g/mol. The van der Waals surface area contributed by atoms with Crippen molar-refractivity contribution >= 4 is 28.6 Å². The standard InChI is InChI=1S/C15H20ClN5O5/c16-15-19-12(18-7-1-3-25-4-2-7)9-13(20-15)21(6-17-9)14-11(24)10(23)8(5-22)26-14/h6-8,10-11,14,22-24H,1-5H2,(H,18,19,20)/t8-,10?,11?,14-/m1/s1. The second-order valence-corrected chi connectivity index (χ2v) is 6.76. The first-order chi connectivity index (χ1) is 12.6. The summed E-state index contributed by atoms with van der Waals surface area (Å²) in [6.45, 7) is 0.945. The summed E-state index contributed by atoms with van der Waals surface area (Å²) in [5, 5.41) is 32.8. The summed E-state index contributed by atoms with van der Waals surface area (Å²) in [4.78, 5) is 12.8. The predicted octanol–water partition coefficient (Wildman–Crippen LogP) is -0.318. The van der Waals surface area contributed by atoms with Crippen LogP contribution in [0, 0.1) is 0 Å². The van der Waals surface area contributed by atoms with E-state index in [0.29, 0.717) is 30.2 Å². The summed E-state index contributed by atoms with van der Waals surface area (Å²) >= 11 is 6.08. The Kier molecular flexibility index (Phi) is 4.95. The van der Waals surface area contributed by atoms with Crippen LogP contribution in [-0.2, 0) is 9.47 Å². The van der Waals surface area contributed by atoms with Crippen LogP contribution in [0.3, 0.4) is 0 Å². The van der Waals surface area contributed by atoms with Crippen molar-refractivity contribution in [2.45, 2.75) is 43.4 Å². The number of hydrogen-bond donors (Lipinski definition) is 4. The Balaban J connectivity index is 1.67. The number of ether oxygens (including phenoxy) is 2. The number of aromatic nitrogens is 4. The Morgan fingerprint density at radius 3 is 2.69 bits per heavy atom. The SMILES string of the molecule is OC[C@H]1O[C@@H](n2cnc3c(NC4CCOCC4)nc(Cl)nc32)C(O)C1O. The lowest BCUT2D eigenvalue weighted by molar-refractivity contribution is -0.0511. The second kappa shape index (κ2) is 7.22. The lowest BCUT2D eigenvalue weighted by atomic mass is 10.1. The fourth-order valence-electron chi connectivity index (χ4n) is 3.32. The Hall–Kier alpha value is -1.56. The molecule has 0 spiro atoms. The topological polar surface area (TPSA) is 135 Å². The van der Waals surface area contributed by atoms with Crippen molar-refractivity contribution in [1.29, 1.82) is 0 Å². The zero-order chi connectivity index (χ0) is 18.3. The van der Waals surface area contributed by atoms with Crippen LogP contribution in [-0.4, -0.2) is 79.0 Å². The zero-order valence-electron chi connectivity index (χ0n) is 13.8. The van der Waals surface area contributed by atoms with Crippen molar-refractivity contribution < 1.29 is 24.8 Å². The van der Waals surface area contributed by atoms with Gasteiger partial charge >= 0.3 is 0 Å². The number of halogens is 1. The van der Waals surface area contributed by atoms with E-state index in [-0.39, 0.29) is 11.3 Å². The zero-order valence-corrected chi connectivity index (χ0v) is 14.6. The van der Waals surface area contributed by atoms with Gasteiger partial charge in [0.05, 0.1) is 12.9 Å². The lowest BCUT2D eigenvalue weighted by Gasteiger charge is -2.23. The predicted molar refractivity (Wildman–Crippen MR) is 90.8 cm³/mol. The molecule has 2 fully saturated rings. The minimum atomic E-state index is -1.23. The number of rotatable bonds is 4. The number of hydrogen-bond acceptors (Lipinski definition) is 9. The second-order valence-electron chi connectivity index (χ2n) is 6.43. The van der Waals surface area contributed by atoms with Crippen molar-refractivity contribution in [2.24, 2.45) is 0 Å². The Labute approximate surface area is 153 Å². The molecule has 4 N–H and O–H groups in total. The number of nitrogens with zero attached hydrogens (tertiary/aromatic N) is 4. The van der Waals surface area contributed by atoms with Gasteiger partial charge in [-0.05, 0) is 24.4 Å². The van der Waals surface area contributed by atoms with Gasteiger partial charge in [-0.15, -0.1) is 0 Å². The van der Waals surface area contributed by atoms with E-state index < -0.39 is 31.1 Å². The molecule has 0 aromatic carbocycles. The molecule has 11 heteroatoms. The molecule has 2 saturated heterocycles. The summed E-state index contributed by atoms with van der Waals surface area (Å²) < 4.78 is 12.4. The lowest BCUT2D eigenvalue weighted by Crippen LogP contribution is -2.33. The minimum Gasteiger partial charge on any atom is -0.394 e. The third-order valence-corrected chi connectivity index (χ3v) is 4.92. The number of fused-ring (bicyclic) bond motifs is 1. The van der Waals surface area contributed by atoms with E-state index in [4.69, 9.17) is 21.1 Å². The maximum atomic E-state index is 10.2. The number of imidazole rings is 1. The number of anilines is 1. The highest BCUT2D eigenvalue weighted by molar-refractivity contribution is 6.28. The van der Waals surface area contributed by atoms with Gasteiger partial charge in [-0.25, -0.2) is 4.98 Å². The average molecular weight is 386 g/mol. The maximum Gasteiger partial charge on any atom is 0.226 e. The van der Waals surface area contributed by atoms with Crippen LogP contribution in [0.1, 0.15) is 19.1 Å². The quantitative estimate of drug-likeness (QED) is 0.522. The van der Waals surface area contributed by atoms with Crippen LogP contribution < -0.4 is 5.32 Å². The van der Waals surface area contributed by atoms with E-state index in [1.165, 1.54) is 10.9 Å². The third kappa shape index (κ3) is 3.13. The highest BCUT2D eigenvalue weighted by atomic mass is 35.5. The highest BCUT2D eigenvalue weighted by Gasteiger charge is 2.44. The summed E-state index contributed by atoms with van der Waals surface area (Å²) in [5.41, 5.74) is 0.855. The van der Waals surface area contributed by atoms with Crippen molar-refractivity contribution in [3.8, 4) is 0 Å². The molecule has 2 unspecified atom stereocenters. The first-order valence-electron chi connectivity index (χ1n) is 8.45. The van der Waals surface area contributed by atoms with Crippen LogP contribution in [0.5, 0.6) is 0 Å². The van der Waals surface area contributed by atoms with Gasteiger partial charge in [-0.2, -0.15) is 9.97 Å². The summed E-state index contributed by atoms with van der Waals surface area (Å²) in [5.74, 6) is 0.498. The van der Waals surface area contributed by atoms with Gasteiger partial charge in [0.1, 0.15) is 18.3 Å². The molecule has 0 aliphatic carbocycles. The number of nitrogens with one attached hydrogen (secondary N) is 1. The molecule has 142 valence electrons.